The van der Waals surface area contributed by atoms with E-state index < -0.39 is 12.1 Å². The summed E-state index contributed by atoms with van der Waals surface area (Å²) < 4.78 is 47.8. The first-order valence-corrected chi connectivity index (χ1v) is 13.4. The molecular formula is C29H36F3N5O6. The fourth-order valence-electron chi connectivity index (χ4n) is 4.68. The number of halogens is 3. The van der Waals surface area contributed by atoms with Crippen LogP contribution in [0.2, 0.25) is 0 Å². The van der Waals surface area contributed by atoms with E-state index in [1.54, 1.807) is 12.1 Å². The smallest absolute Gasteiger partial charge is 0.490 e. The molecule has 234 valence electrons. The van der Waals surface area contributed by atoms with E-state index in [-0.39, 0.29) is 18.0 Å². The van der Waals surface area contributed by atoms with E-state index in [0.29, 0.717) is 28.8 Å². The van der Waals surface area contributed by atoms with Gasteiger partial charge in [-0.1, -0.05) is 11.6 Å². The number of methoxy groups -OCH3 is 3. The monoisotopic (exact) mass is 607 g/mol. The average Bonchev–Trinajstić information content (AvgIpc) is 2.96. The van der Waals surface area contributed by atoms with Gasteiger partial charge in [0.15, 0.2) is 11.5 Å². The van der Waals surface area contributed by atoms with Gasteiger partial charge in [0, 0.05) is 37.1 Å². The summed E-state index contributed by atoms with van der Waals surface area (Å²) in [6.07, 6.45) is -1.54. The lowest BCUT2D eigenvalue weighted by atomic mass is 9.91. The van der Waals surface area contributed by atoms with E-state index in [0.717, 1.165) is 42.4 Å². The molecule has 4 rings (SSSR count). The third-order valence-corrected chi connectivity index (χ3v) is 6.82. The quantitative estimate of drug-likeness (QED) is 0.327. The van der Waals surface area contributed by atoms with Gasteiger partial charge in [-0.2, -0.15) is 18.2 Å². The maximum absolute atomic E-state index is 13.0. The zero-order valence-corrected chi connectivity index (χ0v) is 24.8. The van der Waals surface area contributed by atoms with Crippen molar-refractivity contribution in [2.45, 2.75) is 50.9 Å². The number of fused-ring (bicyclic) bond motifs is 1. The first-order chi connectivity index (χ1) is 20.3. The molecule has 1 aliphatic rings. The largest absolute Gasteiger partial charge is 0.493 e. The molecule has 1 fully saturated rings. The lowest BCUT2D eigenvalue weighted by Gasteiger charge is -2.30. The van der Waals surface area contributed by atoms with E-state index in [2.05, 4.69) is 29.7 Å². The summed E-state index contributed by atoms with van der Waals surface area (Å²) in [4.78, 5) is 33.4. The minimum atomic E-state index is -5.08. The number of hydrogen-bond acceptors (Lipinski definition) is 9. The molecule has 0 atom stereocenters. The molecule has 3 aromatic rings. The lowest BCUT2D eigenvalue weighted by Crippen LogP contribution is -2.40. The van der Waals surface area contributed by atoms with Crippen LogP contribution in [0.25, 0.3) is 10.9 Å². The molecule has 0 spiro atoms. The Kier molecular flexibility index (Phi) is 10.8. The van der Waals surface area contributed by atoms with Crippen LogP contribution in [-0.4, -0.2) is 80.6 Å². The lowest BCUT2D eigenvalue weighted by molar-refractivity contribution is -0.192. The molecule has 0 aliphatic heterocycles. The first kappa shape index (κ1) is 33.0. The van der Waals surface area contributed by atoms with Crippen LogP contribution in [-0.2, 0) is 4.79 Å². The third-order valence-electron chi connectivity index (χ3n) is 6.82. The van der Waals surface area contributed by atoms with Gasteiger partial charge in [0.25, 0.3) is 5.91 Å². The molecule has 1 heterocycles. The number of alkyl halides is 3. The van der Waals surface area contributed by atoms with Crippen molar-refractivity contribution in [1.29, 1.82) is 0 Å². The van der Waals surface area contributed by atoms with Crippen molar-refractivity contribution >= 4 is 34.5 Å². The second kappa shape index (κ2) is 14.1. The van der Waals surface area contributed by atoms with Crippen LogP contribution in [0.1, 0.15) is 41.6 Å². The summed E-state index contributed by atoms with van der Waals surface area (Å²) in [5.74, 6) is 0.00102. The summed E-state index contributed by atoms with van der Waals surface area (Å²) >= 11 is 0. The fourth-order valence-corrected chi connectivity index (χ4v) is 4.68. The second-order valence-corrected chi connectivity index (χ2v) is 10.2. The van der Waals surface area contributed by atoms with E-state index in [4.69, 9.17) is 34.1 Å². The summed E-state index contributed by atoms with van der Waals surface area (Å²) in [6, 6.07) is 9.91. The molecule has 0 unspecified atom stereocenters. The number of benzene rings is 2. The Morgan fingerprint density at radius 1 is 0.930 bits per heavy atom. The maximum Gasteiger partial charge on any atom is 0.490 e. The molecule has 2 aromatic carbocycles. The molecule has 3 N–H and O–H groups in total. The van der Waals surface area contributed by atoms with E-state index in [9.17, 15) is 18.0 Å². The number of aromatic nitrogens is 2. The highest BCUT2D eigenvalue weighted by molar-refractivity contribution is 5.96. The summed E-state index contributed by atoms with van der Waals surface area (Å²) in [5, 5.41) is 14.8. The SMILES string of the molecule is COc1cc(C(=O)N[C@H]2CC[C@@H](Nc3nc(N(C)C)c4cc(C)ccc4n3)CC2)cc(OC)c1OC.O=C(O)C(F)(F)F. The maximum atomic E-state index is 13.0. The van der Waals surface area contributed by atoms with Gasteiger partial charge >= 0.3 is 12.1 Å². The molecular weight excluding hydrogens is 571 g/mol. The number of aliphatic carboxylic acids is 1. The number of ether oxygens (including phenoxy) is 3. The molecule has 1 amide bonds. The predicted octanol–water partition coefficient (Wildman–Crippen LogP) is 4.82. The topological polar surface area (TPSA) is 135 Å². The number of aryl methyl sites for hydroxylation is 1. The minimum absolute atomic E-state index is 0.0903. The normalized spacial score (nSPS) is 16.4. The van der Waals surface area contributed by atoms with Crippen LogP contribution in [0.5, 0.6) is 17.2 Å². The summed E-state index contributed by atoms with van der Waals surface area (Å²) in [5.41, 5.74) is 2.58. The molecule has 1 saturated carbocycles. The van der Waals surface area contributed by atoms with E-state index in [1.807, 2.05) is 25.1 Å². The number of carbonyl (C=O) groups excluding carboxylic acids is 1. The van der Waals surface area contributed by atoms with Gasteiger partial charge in [0.1, 0.15) is 5.82 Å². The number of carbonyl (C=O) groups is 2. The molecule has 11 nitrogen and oxygen atoms in total. The van der Waals surface area contributed by atoms with E-state index >= 15 is 0 Å². The molecule has 1 aromatic heterocycles. The van der Waals surface area contributed by atoms with Crippen molar-refractivity contribution in [3.05, 3.63) is 41.5 Å². The summed E-state index contributed by atoms with van der Waals surface area (Å²) in [6.45, 7) is 2.07. The Bertz CT molecular complexity index is 1420. The van der Waals surface area contributed by atoms with Crippen molar-refractivity contribution in [2.75, 3.05) is 45.6 Å². The van der Waals surface area contributed by atoms with Gasteiger partial charge in [-0.15, -0.1) is 0 Å². The van der Waals surface area contributed by atoms with Crippen molar-refractivity contribution in [3.63, 3.8) is 0 Å². The summed E-state index contributed by atoms with van der Waals surface area (Å²) in [7, 11) is 8.60. The van der Waals surface area contributed by atoms with Gasteiger partial charge in [0.2, 0.25) is 11.7 Å². The number of carboxylic acids is 1. The van der Waals surface area contributed by atoms with Crippen LogP contribution >= 0.6 is 0 Å². The van der Waals surface area contributed by atoms with Gasteiger partial charge in [0.05, 0.1) is 26.8 Å². The Morgan fingerprint density at radius 2 is 1.49 bits per heavy atom. The van der Waals surface area contributed by atoms with Crippen LogP contribution < -0.4 is 29.7 Å². The predicted molar refractivity (Wildman–Crippen MR) is 156 cm³/mol. The van der Waals surface area contributed by atoms with Crippen molar-refractivity contribution < 1.29 is 42.1 Å². The van der Waals surface area contributed by atoms with Gasteiger partial charge in [-0.05, 0) is 56.9 Å². The number of carboxylic acid groups (broad SMARTS) is 1. The Hall–Kier alpha value is -4.49. The zero-order chi connectivity index (χ0) is 31.9. The molecule has 0 saturated heterocycles. The highest BCUT2D eigenvalue weighted by Gasteiger charge is 2.38. The molecule has 43 heavy (non-hydrogen) atoms. The molecule has 14 heteroatoms. The van der Waals surface area contributed by atoms with E-state index in [1.165, 1.54) is 26.9 Å². The van der Waals surface area contributed by atoms with Crippen molar-refractivity contribution in [1.82, 2.24) is 15.3 Å². The number of amides is 1. The molecule has 0 bridgehead atoms. The van der Waals surface area contributed by atoms with Gasteiger partial charge in [-0.3, -0.25) is 4.79 Å². The van der Waals surface area contributed by atoms with Gasteiger partial charge in [-0.25, -0.2) is 9.78 Å². The second-order valence-electron chi connectivity index (χ2n) is 10.2. The number of anilines is 2. The number of nitrogens with one attached hydrogen (secondary N) is 2. The molecule has 1 aliphatic carbocycles. The van der Waals surface area contributed by atoms with Crippen molar-refractivity contribution in [3.8, 4) is 17.2 Å². The number of rotatable bonds is 8. The zero-order valence-electron chi connectivity index (χ0n) is 24.8. The number of nitrogens with zero attached hydrogens (tertiary/aromatic N) is 3. The third kappa shape index (κ3) is 8.52. The highest BCUT2D eigenvalue weighted by Crippen LogP contribution is 2.38. The van der Waals surface area contributed by atoms with Gasteiger partial charge < -0.3 is 34.9 Å². The standard InChI is InChI=1S/C27H35N5O4.C2HF3O2/c1-16-7-12-21-20(13-16)25(32(2)3)31-27(30-21)29-19-10-8-18(9-11-19)28-26(33)17-14-22(34-4)24(36-6)23(15-17)35-5;3-2(4,5)1(6)7/h7,12-15,18-19H,8-11H2,1-6H3,(H,28,33)(H,29,30,31);(H,6,7)/t18-,19+;. The Morgan fingerprint density at radius 3 is 1.98 bits per heavy atom. The highest BCUT2D eigenvalue weighted by atomic mass is 19.4. The minimum Gasteiger partial charge on any atom is -0.493 e. The molecule has 0 radical (unpaired) electrons. The van der Waals surface area contributed by atoms with Crippen molar-refractivity contribution in [2.24, 2.45) is 0 Å². The Labute approximate surface area is 247 Å². The first-order valence-electron chi connectivity index (χ1n) is 13.4. The number of hydrogen-bond donors (Lipinski definition) is 3. The van der Waals surface area contributed by atoms with Crippen LogP contribution in [0, 0.1) is 6.92 Å². The van der Waals surface area contributed by atoms with Crippen LogP contribution in [0.15, 0.2) is 30.3 Å². The van der Waals surface area contributed by atoms with Crippen LogP contribution in [0.4, 0.5) is 24.9 Å². The van der Waals surface area contributed by atoms with Crippen LogP contribution in [0.3, 0.4) is 0 Å². The Balaban J connectivity index is 0.000000646. The average molecular weight is 608 g/mol. The fraction of sp³-hybridized carbons (Fsp3) is 0.448.